The molecule has 6 heteroatoms. The van der Waals surface area contributed by atoms with Gasteiger partial charge in [-0.25, -0.2) is 9.59 Å². The van der Waals surface area contributed by atoms with Crippen molar-refractivity contribution in [2.75, 3.05) is 13.7 Å². The Labute approximate surface area is 200 Å². The fourth-order valence-electron chi connectivity index (χ4n) is 3.26. The van der Waals surface area contributed by atoms with Crippen LogP contribution in [0.4, 0.5) is 0 Å². The van der Waals surface area contributed by atoms with Crippen molar-refractivity contribution in [1.29, 1.82) is 0 Å². The third-order valence-electron chi connectivity index (χ3n) is 4.97. The normalized spacial score (nSPS) is 11.4. The van der Waals surface area contributed by atoms with Crippen LogP contribution < -0.4 is 29.6 Å². The molecule has 0 saturated carbocycles. The van der Waals surface area contributed by atoms with Crippen molar-refractivity contribution in [1.82, 2.24) is 0 Å². The van der Waals surface area contributed by atoms with Gasteiger partial charge in [-0.1, -0.05) is 90.4 Å². The summed E-state index contributed by atoms with van der Waals surface area (Å²) in [5, 5.41) is 9.92. The van der Waals surface area contributed by atoms with Crippen LogP contribution in [0.1, 0.15) is 110 Å². The van der Waals surface area contributed by atoms with E-state index >= 15 is 0 Å². The van der Waals surface area contributed by atoms with Crippen LogP contribution in [-0.4, -0.2) is 30.8 Å². The molecular weight excluding hydrogens is 379 g/mol. The minimum Gasteiger partial charge on any atom is -0.501 e. The van der Waals surface area contributed by atoms with Gasteiger partial charge in [-0.2, -0.15) is 0 Å². The predicted octanol–water partition coefficient (Wildman–Crippen LogP) is 3.41. The van der Waals surface area contributed by atoms with Crippen molar-refractivity contribution >= 4 is 11.9 Å². The summed E-state index contributed by atoms with van der Waals surface area (Å²) in [5.41, 5.74) is 0.0138. The summed E-state index contributed by atoms with van der Waals surface area (Å²) in [6.45, 7) is 4.05. The molecule has 0 aliphatic carbocycles. The number of ether oxygens (including phenoxy) is 2. The van der Waals surface area contributed by atoms with Gasteiger partial charge in [0.05, 0.1) is 19.3 Å². The van der Waals surface area contributed by atoms with Gasteiger partial charge >= 0.3 is 41.5 Å². The maximum absolute atomic E-state index is 11.8. The van der Waals surface area contributed by atoms with E-state index < -0.39 is 17.7 Å². The number of carbonyl (C=O) groups is 2. The van der Waals surface area contributed by atoms with Crippen LogP contribution in [0.25, 0.3) is 0 Å². The van der Waals surface area contributed by atoms with Gasteiger partial charge in [0.1, 0.15) is 0 Å². The first-order valence-corrected chi connectivity index (χ1v) is 11.3. The molecule has 0 aliphatic rings. The molecule has 1 N–H and O–H groups in total. The van der Waals surface area contributed by atoms with E-state index in [9.17, 15) is 14.7 Å². The minimum atomic E-state index is -0.867. The van der Waals surface area contributed by atoms with Gasteiger partial charge in [0.15, 0.2) is 0 Å². The van der Waals surface area contributed by atoms with Crippen LogP contribution in [0.2, 0.25) is 0 Å². The molecule has 0 aromatic carbocycles. The van der Waals surface area contributed by atoms with E-state index in [-0.39, 0.29) is 41.7 Å². The summed E-state index contributed by atoms with van der Waals surface area (Å²) in [6.07, 6.45) is 17.8. The first-order chi connectivity index (χ1) is 13.6. The molecular formula is C23H42NaO5+. The van der Waals surface area contributed by atoms with Gasteiger partial charge in [0.25, 0.3) is 0 Å². The summed E-state index contributed by atoms with van der Waals surface area (Å²) in [6, 6.07) is 0. The predicted molar refractivity (Wildman–Crippen MR) is 113 cm³/mol. The third kappa shape index (κ3) is 16.9. The standard InChI is InChI=1S/C23H42O5.Na/c1-4-6-7-8-9-10-11-12-13-14-15-16-17-18-19-20(22(25)27-3)21(24)23(26)28-5-2;/h24H,4-19H2,1-3H3;/q;+1/b21-20-;. The van der Waals surface area contributed by atoms with Gasteiger partial charge in [-0.3, -0.25) is 0 Å². The Balaban J connectivity index is 0. The van der Waals surface area contributed by atoms with E-state index in [2.05, 4.69) is 11.7 Å². The van der Waals surface area contributed by atoms with Crippen LogP contribution >= 0.6 is 0 Å². The Morgan fingerprint density at radius 2 is 1.10 bits per heavy atom. The molecule has 0 atom stereocenters. The third-order valence-corrected chi connectivity index (χ3v) is 4.97. The fraction of sp³-hybridized carbons (Fsp3) is 0.826. The molecule has 0 aliphatic heterocycles. The van der Waals surface area contributed by atoms with Crippen molar-refractivity contribution in [3.63, 3.8) is 0 Å². The Hall–Kier alpha value is -0.520. The van der Waals surface area contributed by atoms with E-state index in [4.69, 9.17) is 4.74 Å². The Morgan fingerprint density at radius 3 is 1.48 bits per heavy atom. The van der Waals surface area contributed by atoms with Crippen LogP contribution in [0, 0.1) is 0 Å². The number of hydrogen-bond acceptors (Lipinski definition) is 5. The van der Waals surface area contributed by atoms with Crippen molar-refractivity contribution in [2.24, 2.45) is 0 Å². The first-order valence-electron chi connectivity index (χ1n) is 11.3. The van der Waals surface area contributed by atoms with E-state index in [0.717, 1.165) is 19.3 Å². The molecule has 0 heterocycles. The van der Waals surface area contributed by atoms with E-state index in [0.29, 0.717) is 6.42 Å². The number of unbranched alkanes of at least 4 members (excludes halogenated alkanes) is 13. The molecule has 0 aromatic rings. The van der Waals surface area contributed by atoms with Crippen molar-refractivity contribution in [3.05, 3.63) is 11.3 Å². The number of hydrogen-bond donors (Lipinski definition) is 1. The van der Waals surface area contributed by atoms with Gasteiger partial charge in [-0.05, 0) is 19.8 Å². The average molecular weight is 422 g/mol. The number of methoxy groups -OCH3 is 1. The van der Waals surface area contributed by atoms with Gasteiger partial charge < -0.3 is 14.6 Å². The largest absolute Gasteiger partial charge is 1.00 e. The number of carbonyl (C=O) groups excluding carboxylic acids is 2. The Morgan fingerprint density at radius 1 is 0.690 bits per heavy atom. The van der Waals surface area contributed by atoms with Crippen LogP contribution in [0.5, 0.6) is 0 Å². The topological polar surface area (TPSA) is 72.8 Å². The zero-order chi connectivity index (χ0) is 21.0. The number of aliphatic hydroxyl groups excluding tert-OH is 1. The van der Waals surface area contributed by atoms with Crippen molar-refractivity contribution in [2.45, 2.75) is 110 Å². The second-order valence-electron chi connectivity index (χ2n) is 7.39. The van der Waals surface area contributed by atoms with E-state index in [1.165, 1.54) is 77.7 Å². The van der Waals surface area contributed by atoms with Gasteiger partial charge in [0.2, 0.25) is 5.76 Å². The summed E-state index contributed by atoms with van der Waals surface area (Å²) in [5.74, 6) is -2.16. The molecule has 0 fully saturated rings. The molecule has 0 rings (SSSR count). The second kappa shape index (κ2) is 22.2. The average Bonchev–Trinajstić information content (AvgIpc) is 2.70. The van der Waals surface area contributed by atoms with Crippen molar-refractivity contribution < 1.29 is 53.7 Å². The number of aliphatic hydroxyl groups is 1. The van der Waals surface area contributed by atoms with Gasteiger partial charge in [-0.15, -0.1) is 0 Å². The minimum absolute atomic E-state index is 0. The fourth-order valence-corrected chi connectivity index (χ4v) is 3.26. The molecule has 0 bridgehead atoms. The molecule has 0 amide bonds. The summed E-state index contributed by atoms with van der Waals surface area (Å²) in [7, 11) is 1.24. The zero-order valence-electron chi connectivity index (χ0n) is 19.4. The van der Waals surface area contributed by atoms with Gasteiger partial charge in [0, 0.05) is 0 Å². The summed E-state index contributed by atoms with van der Waals surface area (Å²) < 4.78 is 9.42. The summed E-state index contributed by atoms with van der Waals surface area (Å²) >= 11 is 0. The molecule has 0 unspecified atom stereocenters. The van der Waals surface area contributed by atoms with E-state index in [1.54, 1.807) is 6.92 Å². The number of esters is 2. The number of rotatable bonds is 18. The Bertz CT molecular complexity index is 449. The maximum Gasteiger partial charge on any atom is 1.00 e. The SMILES string of the molecule is CCCCCCCCCCCCCCCC/C(C(=O)OC)=C(/O)C(=O)OCC.[Na+]. The zero-order valence-corrected chi connectivity index (χ0v) is 21.4. The quantitative estimate of drug-likeness (QED) is 0.121. The second-order valence-corrected chi connectivity index (χ2v) is 7.39. The van der Waals surface area contributed by atoms with E-state index in [1.807, 2.05) is 0 Å². The molecule has 0 saturated heterocycles. The molecule has 29 heavy (non-hydrogen) atoms. The van der Waals surface area contributed by atoms with Crippen LogP contribution in [0.15, 0.2) is 11.3 Å². The smallest absolute Gasteiger partial charge is 0.501 e. The molecule has 0 aromatic heterocycles. The molecule has 5 nitrogen and oxygen atoms in total. The maximum atomic E-state index is 11.8. The van der Waals surface area contributed by atoms with Crippen LogP contribution in [0.3, 0.4) is 0 Å². The molecule has 164 valence electrons. The first kappa shape index (κ1) is 30.7. The molecule has 0 radical (unpaired) electrons. The molecule has 0 spiro atoms. The van der Waals surface area contributed by atoms with Crippen LogP contribution in [-0.2, 0) is 19.1 Å². The summed E-state index contributed by atoms with van der Waals surface area (Å²) in [4.78, 5) is 23.4. The Kier molecular flexibility index (Phi) is 23.4. The monoisotopic (exact) mass is 421 g/mol. The van der Waals surface area contributed by atoms with Crippen molar-refractivity contribution in [3.8, 4) is 0 Å².